The minimum atomic E-state index is 0.278. The summed E-state index contributed by atoms with van der Waals surface area (Å²) in [7, 11) is 0. The molecule has 23 heavy (non-hydrogen) atoms. The van der Waals surface area contributed by atoms with Crippen molar-refractivity contribution >= 4 is 11.5 Å². The van der Waals surface area contributed by atoms with Gasteiger partial charge in [-0.2, -0.15) is 0 Å². The maximum atomic E-state index is 4.94. The third kappa shape index (κ3) is 3.96. The van der Waals surface area contributed by atoms with Crippen molar-refractivity contribution in [1.29, 1.82) is 0 Å². The first-order chi connectivity index (χ1) is 11.2. The van der Waals surface area contributed by atoms with E-state index in [9.17, 15) is 0 Å². The lowest BCUT2D eigenvalue weighted by Crippen LogP contribution is -2.56. The van der Waals surface area contributed by atoms with Gasteiger partial charge in [0.25, 0.3) is 0 Å². The number of pyridine rings is 1. The minimum absolute atomic E-state index is 0.278. The molecule has 1 N–H and O–H groups in total. The van der Waals surface area contributed by atoms with Crippen LogP contribution in [0.25, 0.3) is 0 Å². The Balaban J connectivity index is 1.90. The van der Waals surface area contributed by atoms with Gasteiger partial charge in [-0.1, -0.05) is 44.2 Å². The third-order valence-corrected chi connectivity index (χ3v) is 4.14. The van der Waals surface area contributed by atoms with Crippen LogP contribution in [0.15, 0.2) is 59.9 Å². The molecule has 2 heterocycles. The topological polar surface area (TPSA) is 40.5 Å². The number of piperazine rings is 1. The molecule has 1 atom stereocenters. The Labute approximate surface area is 138 Å². The molecule has 1 aromatic heterocycles. The monoisotopic (exact) mass is 308 g/mol. The van der Waals surface area contributed by atoms with Crippen molar-refractivity contribution in [2.75, 3.05) is 13.1 Å². The van der Waals surface area contributed by atoms with Gasteiger partial charge in [0, 0.05) is 32.0 Å². The molecule has 4 heteroatoms. The molecule has 4 nitrogen and oxygen atoms in total. The Morgan fingerprint density at radius 2 is 1.91 bits per heavy atom. The van der Waals surface area contributed by atoms with Crippen molar-refractivity contribution in [2.24, 2.45) is 10.9 Å². The summed E-state index contributed by atoms with van der Waals surface area (Å²) in [6, 6.07) is 14.8. The van der Waals surface area contributed by atoms with Crippen LogP contribution >= 0.6 is 0 Å². The van der Waals surface area contributed by atoms with Crippen molar-refractivity contribution in [3.05, 3.63) is 60.4 Å². The van der Waals surface area contributed by atoms with Gasteiger partial charge in [-0.25, -0.2) is 4.99 Å². The maximum Gasteiger partial charge on any atom is 0.123 e. The standard InChI is InChI=1S/C19H24N4/c1-15(2)18-19(22-17-8-10-20-11-9-17)23(13-12-21-18)14-16-6-4-3-5-7-16/h3-11,15,18,21H,12-14H2,1-2H3. The normalized spacial score (nSPS) is 20.2. The molecule has 2 aromatic rings. The fourth-order valence-electron chi connectivity index (χ4n) is 2.95. The van der Waals surface area contributed by atoms with Gasteiger partial charge in [-0.05, 0) is 23.6 Å². The fourth-order valence-corrected chi connectivity index (χ4v) is 2.95. The highest BCUT2D eigenvalue weighted by molar-refractivity contribution is 5.90. The fraction of sp³-hybridized carbons (Fsp3) is 0.368. The lowest BCUT2D eigenvalue weighted by atomic mass is 9.99. The van der Waals surface area contributed by atoms with Gasteiger partial charge in [-0.3, -0.25) is 4.98 Å². The second-order valence-corrected chi connectivity index (χ2v) is 6.26. The Morgan fingerprint density at radius 1 is 1.17 bits per heavy atom. The number of aliphatic imine (C=N–C) groups is 1. The average molecular weight is 308 g/mol. The van der Waals surface area contributed by atoms with E-state index in [4.69, 9.17) is 4.99 Å². The van der Waals surface area contributed by atoms with Gasteiger partial charge in [0.1, 0.15) is 5.84 Å². The maximum absolute atomic E-state index is 4.94. The molecular formula is C19H24N4. The van der Waals surface area contributed by atoms with Crippen LogP contribution in [-0.2, 0) is 6.54 Å². The van der Waals surface area contributed by atoms with Gasteiger partial charge in [0.05, 0.1) is 11.7 Å². The van der Waals surface area contributed by atoms with E-state index in [0.717, 1.165) is 31.2 Å². The van der Waals surface area contributed by atoms with Crippen molar-refractivity contribution in [3.63, 3.8) is 0 Å². The van der Waals surface area contributed by atoms with Crippen molar-refractivity contribution in [2.45, 2.75) is 26.4 Å². The van der Waals surface area contributed by atoms with E-state index in [1.807, 2.05) is 12.1 Å². The molecule has 1 saturated heterocycles. The zero-order valence-electron chi connectivity index (χ0n) is 13.8. The van der Waals surface area contributed by atoms with E-state index in [1.54, 1.807) is 12.4 Å². The SMILES string of the molecule is CC(C)C1NCCN(Cc2ccccc2)C1=Nc1ccncc1. The Hall–Kier alpha value is -2.20. The van der Waals surface area contributed by atoms with Gasteiger partial charge < -0.3 is 10.2 Å². The van der Waals surface area contributed by atoms with E-state index in [-0.39, 0.29) is 6.04 Å². The molecule has 0 aliphatic carbocycles. The Bertz CT molecular complexity index is 637. The molecule has 120 valence electrons. The smallest absolute Gasteiger partial charge is 0.123 e. The molecule has 0 spiro atoms. The second kappa shape index (κ2) is 7.38. The zero-order valence-corrected chi connectivity index (χ0v) is 13.8. The average Bonchev–Trinajstić information content (AvgIpc) is 2.58. The van der Waals surface area contributed by atoms with E-state index in [2.05, 4.69) is 59.4 Å². The number of rotatable bonds is 4. The number of benzene rings is 1. The molecular weight excluding hydrogens is 284 g/mol. The van der Waals surface area contributed by atoms with Gasteiger partial charge in [0.2, 0.25) is 0 Å². The molecule has 0 saturated carbocycles. The number of hydrogen-bond acceptors (Lipinski definition) is 3. The van der Waals surface area contributed by atoms with Crippen LogP contribution in [0.3, 0.4) is 0 Å². The summed E-state index contributed by atoms with van der Waals surface area (Å²) in [6.45, 7) is 7.35. The highest BCUT2D eigenvalue weighted by atomic mass is 15.3. The predicted octanol–water partition coefficient (Wildman–Crippen LogP) is 3.24. The number of amidine groups is 1. The summed E-state index contributed by atoms with van der Waals surface area (Å²) in [6.07, 6.45) is 3.59. The van der Waals surface area contributed by atoms with Crippen molar-refractivity contribution in [1.82, 2.24) is 15.2 Å². The molecule has 1 aromatic carbocycles. The first kappa shape index (κ1) is 15.7. The highest BCUT2D eigenvalue weighted by Gasteiger charge is 2.28. The molecule has 1 unspecified atom stereocenters. The summed E-state index contributed by atoms with van der Waals surface area (Å²) in [5.74, 6) is 1.62. The van der Waals surface area contributed by atoms with Crippen molar-refractivity contribution in [3.8, 4) is 0 Å². The van der Waals surface area contributed by atoms with Crippen LogP contribution in [-0.4, -0.2) is 34.9 Å². The molecule has 0 bridgehead atoms. The van der Waals surface area contributed by atoms with Crippen LogP contribution in [0, 0.1) is 5.92 Å². The molecule has 0 radical (unpaired) electrons. The zero-order chi connectivity index (χ0) is 16.1. The lowest BCUT2D eigenvalue weighted by molar-refractivity contribution is 0.315. The molecule has 1 aliphatic heterocycles. The largest absolute Gasteiger partial charge is 0.353 e. The van der Waals surface area contributed by atoms with Crippen LogP contribution < -0.4 is 5.32 Å². The van der Waals surface area contributed by atoms with Gasteiger partial charge >= 0.3 is 0 Å². The van der Waals surface area contributed by atoms with E-state index in [0.29, 0.717) is 5.92 Å². The molecule has 3 rings (SSSR count). The van der Waals surface area contributed by atoms with E-state index < -0.39 is 0 Å². The quantitative estimate of drug-likeness (QED) is 0.942. The first-order valence-electron chi connectivity index (χ1n) is 8.25. The van der Waals surface area contributed by atoms with E-state index in [1.165, 1.54) is 5.56 Å². The highest BCUT2D eigenvalue weighted by Crippen LogP contribution is 2.19. The summed E-state index contributed by atoms with van der Waals surface area (Å²) in [5, 5.41) is 3.62. The summed E-state index contributed by atoms with van der Waals surface area (Å²) in [5.41, 5.74) is 2.28. The molecule has 1 aliphatic rings. The van der Waals surface area contributed by atoms with Crippen LogP contribution in [0.2, 0.25) is 0 Å². The number of hydrogen-bond donors (Lipinski definition) is 1. The number of nitrogens with one attached hydrogen (secondary N) is 1. The van der Waals surface area contributed by atoms with Crippen LogP contribution in [0.4, 0.5) is 5.69 Å². The van der Waals surface area contributed by atoms with Crippen molar-refractivity contribution < 1.29 is 0 Å². The number of nitrogens with zero attached hydrogens (tertiary/aromatic N) is 3. The lowest BCUT2D eigenvalue weighted by Gasteiger charge is -2.38. The summed E-state index contributed by atoms with van der Waals surface area (Å²) in [4.78, 5) is 11.4. The third-order valence-electron chi connectivity index (χ3n) is 4.14. The van der Waals surface area contributed by atoms with Crippen LogP contribution in [0.5, 0.6) is 0 Å². The van der Waals surface area contributed by atoms with Gasteiger partial charge in [0.15, 0.2) is 0 Å². The minimum Gasteiger partial charge on any atom is -0.353 e. The second-order valence-electron chi connectivity index (χ2n) is 6.26. The Kier molecular flexibility index (Phi) is 5.03. The predicted molar refractivity (Wildman–Crippen MR) is 94.8 cm³/mol. The van der Waals surface area contributed by atoms with Crippen LogP contribution in [0.1, 0.15) is 19.4 Å². The number of aromatic nitrogens is 1. The summed E-state index contributed by atoms with van der Waals surface area (Å²) >= 11 is 0. The first-order valence-corrected chi connectivity index (χ1v) is 8.25. The van der Waals surface area contributed by atoms with Gasteiger partial charge in [-0.15, -0.1) is 0 Å². The molecule has 1 fully saturated rings. The van der Waals surface area contributed by atoms with E-state index >= 15 is 0 Å². The summed E-state index contributed by atoms with van der Waals surface area (Å²) < 4.78 is 0. The molecule has 0 amide bonds. The Morgan fingerprint density at radius 3 is 2.61 bits per heavy atom.